The van der Waals surface area contributed by atoms with E-state index in [0.29, 0.717) is 0 Å². The van der Waals surface area contributed by atoms with Gasteiger partial charge in [-0.15, -0.1) is 11.3 Å². The summed E-state index contributed by atoms with van der Waals surface area (Å²) in [7, 11) is 0. The first-order valence-electron chi connectivity index (χ1n) is 10.0. The predicted octanol–water partition coefficient (Wildman–Crippen LogP) is 5.73. The van der Waals surface area contributed by atoms with Gasteiger partial charge >= 0.3 is 0 Å². The van der Waals surface area contributed by atoms with Gasteiger partial charge in [0.25, 0.3) is 0 Å². The molecule has 0 saturated carbocycles. The molecule has 5 rings (SSSR count). The summed E-state index contributed by atoms with van der Waals surface area (Å²) in [5, 5.41) is 2.18. The number of nitrogens with zero attached hydrogens (tertiary/aromatic N) is 2. The summed E-state index contributed by atoms with van der Waals surface area (Å²) in [6.45, 7) is 3.23. The molecule has 0 fully saturated rings. The van der Waals surface area contributed by atoms with Crippen LogP contribution in [0.1, 0.15) is 11.1 Å². The van der Waals surface area contributed by atoms with Crippen LogP contribution in [-0.4, -0.2) is 11.4 Å². The highest BCUT2D eigenvalue weighted by Gasteiger charge is 2.16. The number of benzene rings is 3. The SMILES string of the molecule is Cc1ccccc1N=c1scc(-c2ccc3c(c2)OCO3)n1CCc1ccccc1. The van der Waals surface area contributed by atoms with E-state index >= 15 is 0 Å². The Kier molecular flexibility index (Phi) is 5.11. The first-order chi connectivity index (χ1) is 14.8. The van der Waals surface area contributed by atoms with Crippen molar-refractivity contribution in [3.8, 4) is 22.8 Å². The summed E-state index contributed by atoms with van der Waals surface area (Å²) in [5.41, 5.74) is 5.74. The fraction of sp³-hybridized carbons (Fsp3) is 0.160. The minimum absolute atomic E-state index is 0.282. The van der Waals surface area contributed by atoms with Gasteiger partial charge in [-0.2, -0.15) is 0 Å². The van der Waals surface area contributed by atoms with Crippen LogP contribution in [0.3, 0.4) is 0 Å². The van der Waals surface area contributed by atoms with Crippen molar-refractivity contribution in [3.05, 3.63) is 94.1 Å². The third kappa shape index (κ3) is 3.76. The second kappa shape index (κ2) is 8.20. The number of hydrogen-bond acceptors (Lipinski definition) is 4. The Labute approximate surface area is 179 Å². The van der Waals surface area contributed by atoms with Crippen LogP contribution >= 0.6 is 11.3 Å². The zero-order valence-electron chi connectivity index (χ0n) is 16.7. The van der Waals surface area contributed by atoms with E-state index in [2.05, 4.69) is 71.5 Å². The van der Waals surface area contributed by atoms with Crippen molar-refractivity contribution in [2.75, 3.05) is 6.79 Å². The number of thiazole rings is 1. The van der Waals surface area contributed by atoms with Crippen molar-refractivity contribution in [2.45, 2.75) is 19.9 Å². The molecule has 4 aromatic rings. The molecule has 1 aliphatic rings. The molecule has 150 valence electrons. The van der Waals surface area contributed by atoms with Gasteiger partial charge in [0, 0.05) is 17.5 Å². The standard InChI is InChI=1S/C25H22N2O2S/c1-18-7-5-6-10-21(18)26-25-27(14-13-19-8-3-2-4-9-19)22(16-30-25)20-11-12-23-24(15-20)29-17-28-23/h2-12,15-16H,13-14,17H2,1H3. The lowest BCUT2D eigenvalue weighted by atomic mass is 10.1. The Morgan fingerprint density at radius 3 is 2.60 bits per heavy atom. The molecule has 0 amide bonds. The first-order valence-corrected chi connectivity index (χ1v) is 10.9. The number of ether oxygens (including phenoxy) is 2. The molecule has 1 aliphatic heterocycles. The van der Waals surface area contributed by atoms with Crippen molar-refractivity contribution in [3.63, 3.8) is 0 Å². The lowest BCUT2D eigenvalue weighted by Crippen LogP contribution is -2.17. The number of fused-ring (bicyclic) bond motifs is 1. The third-order valence-corrected chi connectivity index (χ3v) is 6.13. The highest BCUT2D eigenvalue weighted by molar-refractivity contribution is 7.07. The van der Waals surface area contributed by atoms with Gasteiger partial charge < -0.3 is 14.0 Å². The van der Waals surface area contributed by atoms with Gasteiger partial charge in [0.1, 0.15) is 0 Å². The molecule has 0 bridgehead atoms. The molecular weight excluding hydrogens is 392 g/mol. The number of para-hydroxylation sites is 1. The predicted molar refractivity (Wildman–Crippen MR) is 120 cm³/mol. The monoisotopic (exact) mass is 414 g/mol. The van der Waals surface area contributed by atoms with E-state index in [9.17, 15) is 0 Å². The highest BCUT2D eigenvalue weighted by atomic mass is 32.1. The fourth-order valence-corrected chi connectivity index (χ4v) is 4.55. The van der Waals surface area contributed by atoms with Crippen LogP contribution in [0.2, 0.25) is 0 Å². The maximum absolute atomic E-state index is 5.60. The van der Waals surface area contributed by atoms with E-state index in [1.807, 2.05) is 18.2 Å². The summed E-state index contributed by atoms with van der Waals surface area (Å²) in [6.07, 6.45) is 0.941. The van der Waals surface area contributed by atoms with Crippen molar-refractivity contribution < 1.29 is 9.47 Å². The number of aryl methyl sites for hydroxylation is 2. The lowest BCUT2D eigenvalue weighted by molar-refractivity contribution is 0.174. The van der Waals surface area contributed by atoms with Gasteiger partial charge in [-0.1, -0.05) is 48.5 Å². The Hall–Kier alpha value is -3.31. The molecule has 0 unspecified atom stereocenters. The van der Waals surface area contributed by atoms with Crippen LogP contribution in [0.4, 0.5) is 5.69 Å². The summed E-state index contributed by atoms with van der Waals surface area (Å²) in [4.78, 5) is 5.99. The first kappa shape index (κ1) is 18.7. The average Bonchev–Trinajstić information content (AvgIpc) is 3.41. The molecule has 2 heterocycles. The van der Waals surface area contributed by atoms with E-state index in [1.54, 1.807) is 11.3 Å². The zero-order valence-corrected chi connectivity index (χ0v) is 17.6. The minimum atomic E-state index is 0.282. The van der Waals surface area contributed by atoms with Crippen molar-refractivity contribution in [1.82, 2.24) is 4.57 Å². The molecule has 4 nitrogen and oxygen atoms in total. The van der Waals surface area contributed by atoms with Crippen molar-refractivity contribution in [1.29, 1.82) is 0 Å². The van der Waals surface area contributed by atoms with Gasteiger partial charge in [-0.25, -0.2) is 4.99 Å². The Bertz CT molecular complexity index is 1240. The van der Waals surface area contributed by atoms with Gasteiger partial charge in [0.15, 0.2) is 16.3 Å². The van der Waals surface area contributed by atoms with Crippen LogP contribution in [0.25, 0.3) is 11.3 Å². The van der Waals surface area contributed by atoms with E-state index in [-0.39, 0.29) is 6.79 Å². The third-order valence-electron chi connectivity index (χ3n) is 5.26. The summed E-state index contributed by atoms with van der Waals surface area (Å²) >= 11 is 1.67. The fourth-order valence-electron chi connectivity index (χ4n) is 3.60. The smallest absolute Gasteiger partial charge is 0.231 e. The van der Waals surface area contributed by atoms with Crippen molar-refractivity contribution >= 4 is 17.0 Å². The van der Waals surface area contributed by atoms with Gasteiger partial charge in [0.2, 0.25) is 6.79 Å². The van der Waals surface area contributed by atoms with E-state index in [1.165, 1.54) is 11.1 Å². The largest absolute Gasteiger partial charge is 0.454 e. The number of rotatable bonds is 5. The molecule has 30 heavy (non-hydrogen) atoms. The molecule has 0 spiro atoms. The molecule has 5 heteroatoms. The molecule has 0 N–H and O–H groups in total. The quantitative estimate of drug-likeness (QED) is 0.418. The zero-order chi connectivity index (χ0) is 20.3. The van der Waals surface area contributed by atoms with Gasteiger partial charge in [-0.3, -0.25) is 0 Å². The van der Waals surface area contributed by atoms with Crippen LogP contribution in [0, 0.1) is 6.92 Å². The Balaban J connectivity index is 1.58. The second-order valence-corrected chi connectivity index (χ2v) is 8.09. The van der Waals surface area contributed by atoms with E-state index < -0.39 is 0 Å². The van der Waals surface area contributed by atoms with E-state index in [0.717, 1.165) is 46.2 Å². The number of aromatic nitrogens is 1. The topological polar surface area (TPSA) is 35.8 Å². The molecule has 0 saturated heterocycles. The summed E-state index contributed by atoms with van der Waals surface area (Å²) in [5.74, 6) is 1.60. The Morgan fingerprint density at radius 2 is 1.73 bits per heavy atom. The molecule has 0 aliphatic carbocycles. The second-order valence-electron chi connectivity index (χ2n) is 7.26. The molecule has 3 aromatic carbocycles. The normalized spacial score (nSPS) is 13.0. The summed E-state index contributed by atoms with van der Waals surface area (Å²) < 4.78 is 13.4. The van der Waals surface area contributed by atoms with Crippen LogP contribution in [0.15, 0.2) is 83.2 Å². The summed E-state index contributed by atoms with van der Waals surface area (Å²) in [6, 6.07) is 24.9. The van der Waals surface area contributed by atoms with Gasteiger partial charge in [0.05, 0.1) is 11.4 Å². The van der Waals surface area contributed by atoms with Crippen molar-refractivity contribution in [2.24, 2.45) is 4.99 Å². The van der Waals surface area contributed by atoms with Crippen LogP contribution < -0.4 is 14.3 Å². The maximum atomic E-state index is 5.60. The average molecular weight is 415 g/mol. The maximum Gasteiger partial charge on any atom is 0.231 e. The number of hydrogen-bond donors (Lipinski definition) is 0. The Morgan fingerprint density at radius 1 is 0.933 bits per heavy atom. The lowest BCUT2D eigenvalue weighted by Gasteiger charge is -2.10. The molecular formula is C25H22N2O2S. The highest BCUT2D eigenvalue weighted by Crippen LogP contribution is 2.36. The molecule has 0 atom stereocenters. The van der Waals surface area contributed by atoms with E-state index in [4.69, 9.17) is 14.5 Å². The molecule has 0 radical (unpaired) electrons. The molecule has 1 aromatic heterocycles. The van der Waals surface area contributed by atoms with Crippen LogP contribution in [0.5, 0.6) is 11.5 Å². The van der Waals surface area contributed by atoms with Gasteiger partial charge in [-0.05, 0) is 48.7 Å². The minimum Gasteiger partial charge on any atom is -0.454 e. The van der Waals surface area contributed by atoms with Crippen LogP contribution in [-0.2, 0) is 13.0 Å².